The van der Waals surface area contributed by atoms with Crippen LogP contribution in [0, 0.1) is 0 Å². The van der Waals surface area contributed by atoms with Gasteiger partial charge in [0.1, 0.15) is 0 Å². The zero-order valence-electron chi connectivity index (χ0n) is 13.8. The maximum absolute atomic E-state index is 11.9. The summed E-state index contributed by atoms with van der Waals surface area (Å²) < 4.78 is 10.4. The van der Waals surface area contributed by atoms with Crippen LogP contribution in [0.25, 0.3) is 0 Å². The minimum Gasteiger partial charge on any atom is -0.481 e. The molecule has 0 bridgehead atoms. The van der Waals surface area contributed by atoms with Crippen LogP contribution in [0.15, 0.2) is 42.6 Å². The number of amides is 1. The molecule has 7 heteroatoms. The summed E-state index contributed by atoms with van der Waals surface area (Å²) >= 11 is 5.85. The lowest BCUT2D eigenvalue weighted by atomic mass is 10.2. The van der Waals surface area contributed by atoms with Crippen LogP contribution in [0.1, 0.15) is 30.1 Å². The molecule has 0 fully saturated rings. The second kappa shape index (κ2) is 9.64. The smallest absolute Gasteiger partial charge is 0.338 e. The Morgan fingerprint density at radius 3 is 2.64 bits per heavy atom. The van der Waals surface area contributed by atoms with Crippen LogP contribution < -0.4 is 10.1 Å². The number of hydrogen-bond acceptors (Lipinski definition) is 5. The van der Waals surface area contributed by atoms with E-state index >= 15 is 0 Å². The average molecular weight is 363 g/mol. The Labute approximate surface area is 151 Å². The molecule has 0 spiro atoms. The summed E-state index contributed by atoms with van der Waals surface area (Å²) in [7, 11) is 0. The number of unbranched alkanes of at least 4 members (excludes halogenated alkanes) is 1. The van der Waals surface area contributed by atoms with E-state index in [9.17, 15) is 9.59 Å². The van der Waals surface area contributed by atoms with Gasteiger partial charge in [-0.05, 0) is 42.8 Å². The molecule has 132 valence electrons. The Hall–Kier alpha value is -2.60. The number of nitrogens with zero attached hydrogens (tertiary/aromatic N) is 1. The molecule has 1 aromatic heterocycles. The van der Waals surface area contributed by atoms with Gasteiger partial charge >= 0.3 is 5.97 Å². The van der Waals surface area contributed by atoms with Gasteiger partial charge in [0.15, 0.2) is 17.5 Å². The monoisotopic (exact) mass is 362 g/mol. The summed E-state index contributed by atoms with van der Waals surface area (Å²) in [5.41, 5.74) is 0.989. The van der Waals surface area contributed by atoms with Gasteiger partial charge in [0.25, 0.3) is 5.91 Å². The van der Waals surface area contributed by atoms with E-state index in [-0.39, 0.29) is 23.6 Å². The normalized spacial score (nSPS) is 10.2. The third-order valence-electron chi connectivity index (χ3n) is 3.22. The van der Waals surface area contributed by atoms with Crippen molar-refractivity contribution in [2.24, 2.45) is 0 Å². The minimum absolute atomic E-state index is 0.196. The largest absolute Gasteiger partial charge is 0.481 e. The summed E-state index contributed by atoms with van der Waals surface area (Å²) in [6.45, 7) is 2.23. The molecule has 2 rings (SSSR count). The number of nitrogens with one attached hydrogen (secondary N) is 1. The first-order valence-electron chi connectivity index (χ1n) is 7.90. The predicted octanol–water partition coefficient (Wildman–Crippen LogP) is 3.71. The molecule has 1 aromatic carbocycles. The molecule has 25 heavy (non-hydrogen) atoms. The number of aromatic nitrogens is 1. The maximum Gasteiger partial charge on any atom is 0.338 e. The van der Waals surface area contributed by atoms with E-state index in [2.05, 4.69) is 10.3 Å². The Morgan fingerprint density at radius 2 is 1.96 bits per heavy atom. The van der Waals surface area contributed by atoms with Crippen molar-refractivity contribution in [1.29, 1.82) is 0 Å². The molecule has 0 aliphatic carbocycles. The second-order valence-corrected chi connectivity index (χ2v) is 5.55. The number of anilines is 1. The van der Waals surface area contributed by atoms with Gasteiger partial charge in [-0.15, -0.1) is 0 Å². The van der Waals surface area contributed by atoms with Crippen LogP contribution >= 0.6 is 11.6 Å². The molecule has 0 aliphatic rings. The quantitative estimate of drug-likeness (QED) is 0.440. The molecular formula is C18H19ClN2O4. The summed E-state index contributed by atoms with van der Waals surface area (Å²) in [6.07, 6.45) is 3.33. The number of benzene rings is 1. The standard InChI is InChI=1S/C18H19ClN2O4/c1-2-3-11-24-18(23)13-6-8-14(9-7-13)21-16(22)12-25-15-5-4-10-20-17(15)19/h4-10H,2-3,11-12H2,1H3,(H,21,22). The van der Waals surface area contributed by atoms with E-state index in [4.69, 9.17) is 21.1 Å². The molecule has 0 radical (unpaired) electrons. The number of ether oxygens (including phenoxy) is 2. The van der Waals surface area contributed by atoms with E-state index in [1.165, 1.54) is 6.20 Å². The van der Waals surface area contributed by atoms with Crippen LogP contribution in [0.3, 0.4) is 0 Å². The first kappa shape index (κ1) is 18.7. The Morgan fingerprint density at radius 1 is 1.20 bits per heavy atom. The highest BCUT2D eigenvalue weighted by atomic mass is 35.5. The van der Waals surface area contributed by atoms with Crippen molar-refractivity contribution in [2.75, 3.05) is 18.5 Å². The molecule has 1 amide bonds. The fraction of sp³-hybridized carbons (Fsp3) is 0.278. The molecule has 1 heterocycles. The summed E-state index contributed by atoms with van der Waals surface area (Å²) in [6, 6.07) is 9.75. The lowest BCUT2D eigenvalue weighted by Gasteiger charge is -2.09. The van der Waals surface area contributed by atoms with Crippen molar-refractivity contribution in [2.45, 2.75) is 19.8 Å². The van der Waals surface area contributed by atoms with Crippen molar-refractivity contribution in [3.63, 3.8) is 0 Å². The zero-order valence-corrected chi connectivity index (χ0v) is 14.6. The summed E-state index contributed by atoms with van der Waals surface area (Å²) in [5.74, 6) is -0.386. The molecule has 0 unspecified atom stereocenters. The van der Waals surface area contributed by atoms with Gasteiger partial charge in [-0.1, -0.05) is 24.9 Å². The minimum atomic E-state index is -0.374. The van der Waals surface area contributed by atoms with Crippen LogP contribution in [0.2, 0.25) is 5.15 Å². The SMILES string of the molecule is CCCCOC(=O)c1ccc(NC(=O)COc2cccnc2Cl)cc1. The molecule has 0 aliphatic heterocycles. The molecule has 6 nitrogen and oxygen atoms in total. The molecular weight excluding hydrogens is 344 g/mol. The van der Waals surface area contributed by atoms with Crippen LogP contribution in [0.4, 0.5) is 5.69 Å². The van der Waals surface area contributed by atoms with Crippen molar-refractivity contribution >= 4 is 29.2 Å². The number of hydrogen-bond donors (Lipinski definition) is 1. The Bertz CT molecular complexity index is 719. The van der Waals surface area contributed by atoms with Crippen LogP contribution in [0.5, 0.6) is 5.75 Å². The van der Waals surface area contributed by atoms with Gasteiger partial charge < -0.3 is 14.8 Å². The highest BCUT2D eigenvalue weighted by molar-refractivity contribution is 6.30. The first-order valence-corrected chi connectivity index (χ1v) is 8.28. The lowest BCUT2D eigenvalue weighted by Crippen LogP contribution is -2.20. The van der Waals surface area contributed by atoms with Gasteiger partial charge in [0.05, 0.1) is 12.2 Å². The van der Waals surface area contributed by atoms with E-state index in [1.807, 2.05) is 6.92 Å². The number of carbonyl (C=O) groups excluding carboxylic acids is 2. The van der Waals surface area contributed by atoms with Crippen molar-refractivity contribution in [3.8, 4) is 5.75 Å². The maximum atomic E-state index is 11.9. The highest BCUT2D eigenvalue weighted by Gasteiger charge is 2.09. The summed E-state index contributed by atoms with van der Waals surface area (Å²) in [4.78, 5) is 27.6. The van der Waals surface area contributed by atoms with Crippen LogP contribution in [-0.4, -0.2) is 30.1 Å². The molecule has 0 saturated carbocycles. The average Bonchev–Trinajstić information content (AvgIpc) is 2.62. The van der Waals surface area contributed by atoms with E-state index in [0.29, 0.717) is 23.6 Å². The van der Waals surface area contributed by atoms with E-state index in [1.54, 1.807) is 36.4 Å². The fourth-order valence-electron chi connectivity index (χ4n) is 1.90. The second-order valence-electron chi connectivity index (χ2n) is 5.20. The topological polar surface area (TPSA) is 77.5 Å². The highest BCUT2D eigenvalue weighted by Crippen LogP contribution is 2.20. The predicted molar refractivity (Wildman–Crippen MR) is 95.0 cm³/mol. The molecule has 1 N–H and O–H groups in total. The van der Waals surface area contributed by atoms with E-state index in [0.717, 1.165) is 12.8 Å². The first-order chi connectivity index (χ1) is 12.1. The molecule has 0 saturated heterocycles. The fourth-order valence-corrected chi connectivity index (χ4v) is 2.08. The van der Waals surface area contributed by atoms with Gasteiger partial charge in [0, 0.05) is 11.9 Å². The number of carbonyl (C=O) groups is 2. The molecule has 2 aromatic rings. The van der Waals surface area contributed by atoms with Crippen LogP contribution in [-0.2, 0) is 9.53 Å². The third-order valence-corrected chi connectivity index (χ3v) is 3.50. The van der Waals surface area contributed by atoms with E-state index < -0.39 is 0 Å². The van der Waals surface area contributed by atoms with Crippen molar-refractivity contribution < 1.29 is 19.1 Å². The van der Waals surface area contributed by atoms with Crippen molar-refractivity contribution in [1.82, 2.24) is 4.98 Å². The molecule has 0 atom stereocenters. The third kappa shape index (κ3) is 6.08. The Balaban J connectivity index is 1.83. The van der Waals surface area contributed by atoms with Gasteiger partial charge in [0.2, 0.25) is 0 Å². The number of esters is 1. The zero-order chi connectivity index (χ0) is 18.1. The Kier molecular flexibility index (Phi) is 7.22. The lowest BCUT2D eigenvalue weighted by molar-refractivity contribution is -0.118. The summed E-state index contributed by atoms with van der Waals surface area (Å²) in [5, 5.41) is 2.87. The van der Waals surface area contributed by atoms with Gasteiger partial charge in [-0.2, -0.15) is 0 Å². The number of rotatable bonds is 8. The number of halogens is 1. The number of pyridine rings is 1. The van der Waals surface area contributed by atoms with Crippen molar-refractivity contribution in [3.05, 3.63) is 53.3 Å². The van der Waals surface area contributed by atoms with Gasteiger partial charge in [-0.3, -0.25) is 4.79 Å². The van der Waals surface area contributed by atoms with Gasteiger partial charge in [-0.25, -0.2) is 9.78 Å².